The van der Waals surface area contributed by atoms with Crippen molar-refractivity contribution in [3.63, 3.8) is 0 Å². The average molecular weight is 660 g/mol. The quantitative estimate of drug-likeness (QED) is 0.241. The molecule has 2 aliphatic rings. The summed E-state index contributed by atoms with van der Waals surface area (Å²) in [5.74, 6) is -2.22. The summed E-state index contributed by atoms with van der Waals surface area (Å²) in [6.45, 7) is -0.216. The number of benzene rings is 2. The zero-order chi connectivity index (χ0) is 33.1. The molecule has 1 aromatic heterocycles. The van der Waals surface area contributed by atoms with E-state index in [0.717, 1.165) is 12.8 Å². The summed E-state index contributed by atoms with van der Waals surface area (Å²) in [5, 5.41) is 2.39. The van der Waals surface area contributed by atoms with Crippen molar-refractivity contribution in [2.75, 3.05) is 33.8 Å². The second-order valence-electron chi connectivity index (χ2n) is 11.7. The second-order valence-corrected chi connectivity index (χ2v) is 13.6. The molecule has 2 saturated carbocycles. The van der Waals surface area contributed by atoms with E-state index in [-0.39, 0.29) is 42.1 Å². The smallest absolute Gasteiger partial charge is 0.261 e. The summed E-state index contributed by atoms with van der Waals surface area (Å²) in [7, 11) is 1.68. The van der Waals surface area contributed by atoms with Crippen LogP contribution in [0.25, 0.3) is 0 Å². The lowest BCUT2D eigenvalue weighted by Crippen LogP contribution is -2.40. The van der Waals surface area contributed by atoms with Gasteiger partial charge < -0.3 is 24.3 Å². The van der Waals surface area contributed by atoms with Crippen LogP contribution in [0.15, 0.2) is 59.8 Å². The highest BCUT2D eigenvalue weighted by molar-refractivity contribution is 7.89. The van der Waals surface area contributed by atoms with Crippen molar-refractivity contribution in [1.82, 2.24) is 9.29 Å². The monoisotopic (exact) mass is 659 g/mol. The zero-order valence-corrected chi connectivity index (χ0v) is 27.1. The van der Waals surface area contributed by atoms with Gasteiger partial charge in [-0.1, -0.05) is 12.1 Å². The number of rotatable bonds is 13. The Morgan fingerprint density at radius 3 is 2.00 bits per heavy atom. The van der Waals surface area contributed by atoms with Gasteiger partial charge in [-0.15, -0.1) is 0 Å². The van der Waals surface area contributed by atoms with Crippen LogP contribution in [0.4, 0.5) is 14.5 Å². The molecular formula is C33H39F2N3O7S. The van der Waals surface area contributed by atoms with E-state index in [1.54, 1.807) is 36.4 Å². The standard InChI is InChI=1S/C33H39F2N3O7S/c1-42-25-9-7-22(29(16-25)44-3)19-38(20-23-8-10-26(43-2)17-30(23)45-4)46(40,41)31-15-24(12-14-36-31)37-32(39)28-18-33(34,35)13-11-27(28)21-5-6-21/h7-10,12,14-17,21,27-28H,5-6,11,13,18-20H2,1-4H3,(H,36,37,39). The van der Waals surface area contributed by atoms with Crippen LogP contribution in [0, 0.1) is 17.8 Å². The molecule has 0 aliphatic heterocycles. The Morgan fingerprint density at radius 2 is 1.48 bits per heavy atom. The summed E-state index contributed by atoms with van der Waals surface area (Å²) in [6.07, 6.45) is 2.71. The highest BCUT2D eigenvalue weighted by atomic mass is 32.2. The molecule has 0 saturated heterocycles. The van der Waals surface area contributed by atoms with Gasteiger partial charge in [0.1, 0.15) is 23.0 Å². The number of carbonyl (C=O) groups is 1. The number of amides is 1. The highest BCUT2D eigenvalue weighted by Crippen LogP contribution is 2.50. The van der Waals surface area contributed by atoms with Crippen molar-refractivity contribution in [2.24, 2.45) is 17.8 Å². The molecule has 0 radical (unpaired) electrons. The lowest BCUT2D eigenvalue weighted by Gasteiger charge is -2.35. The summed E-state index contributed by atoms with van der Waals surface area (Å²) in [6, 6.07) is 12.9. The molecule has 2 unspecified atom stereocenters. The minimum Gasteiger partial charge on any atom is -0.497 e. The fourth-order valence-electron chi connectivity index (χ4n) is 6.10. The molecular weight excluding hydrogens is 620 g/mol. The predicted molar refractivity (Wildman–Crippen MR) is 167 cm³/mol. The molecule has 1 heterocycles. The molecule has 5 rings (SSSR count). The number of pyridine rings is 1. The predicted octanol–water partition coefficient (Wildman–Crippen LogP) is 5.91. The molecule has 2 aliphatic carbocycles. The molecule has 248 valence electrons. The lowest BCUT2D eigenvalue weighted by atomic mass is 9.74. The number of methoxy groups -OCH3 is 4. The summed E-state index contributed by atoms with van der Waals surface area (Å²) < 4.78 is 80.2. The molecule has 2 aromatic carbocycles. The van der Waals surface area contributed by atoms with Crippen LogP contribution < -0.4 is 24.3 Å². The van der Waals surface area contributed by atoms with Crippen molar-refractivity contribution < 1.29 is 40.9 Å². The van der Waals surface area contributed by atoms with E-state index in [9.17, 15) is 22.0 Å². The summed E-state index contributed by atoms with van der Waals surface area (Å²) in [5.41, 5.74) is 1.28. The summed E-state index contributed by atoms with van der Waals surface area (Å²) in [4.78, 5) is 17.5. The van der Waals surface area contributed by atoms with Crippen molar-refractivity contribution in [2.45, 2.75) is 56.1 Å². The Bertz CT molecular complexity index is 1610. The van der Waals surface area contributed by atoms with Crippen LogP contribution in [-0.4, -0.2) is 58.0 Å². The van der Waals surface area contributed by atoms with Crippen LogP contribution in [0.1, 0.15) is 43.2 Å². The topological polar surface area (TPSA) is 116 Å². The van der Waals surface area contributed by atoms with E-state index < -0.39 is 34.2 Å². The summed E-state index contributed by atoms with van der Waals surface area (Å²) >= 11 is 0. The van der Waals surface area contributed by atoms with Crippen LogP contribution in [0.3, 0.4) is 0 Å². The number of ether oxygens (including phenoxy) is 4. The van der Waals surface area contributed by atoms with Gasteiger partial charge in [0, 0.05) is 73.1 Å². The van der Waals surface area contributed by atoms with Gasteiger partial charge in [-0.25, -0.2) is 22.2 Å². The first kappa shape index (κ1) is 33.4. The lowest BCUT2D eigenvalue weighted by molar-refractivity contribution is -0.132. The Balaban J connectivity index is 1.46. The Morgan fingerprint density at radius 1 is 0.891 bits per heavy atom. The molecule has 46 heavy (non-hydrogen) atoms. The zero-order valence-electron chi connectivity index (χ0n) is 26.3. The third kappa shape index (κ3) is 7.52. The van der Waals surface area contributed by atoms with Gasteiger partial charge in [0.25, 0.3) is 10.0 Å². The first-order valence-corrected chi connectivity index (χ1v) is 16.5. The number of hydrogen-bond acceptors (Lipinski definition) is 8. The molecule has 1 N–H and O–H groups in total. The molecule has 0 bridgehead atoms. The van der Waals surface area contributed by atoms with Crippen molar-refractivity contribution in [1.29, 1.82) is 0 Å². The number of carbonyl (C=O) groups excluding carboxylic acids is 1. The highest BCUT2D eigenvalue weighted by Gasteiger charge is 2.49. The molecule has 2 atom stereocenters. The Kier molecular flexibility index (Phi) is 10.0. The van der Waals surface area contributed by atoms with Gasteiger partial charge in [0.15, 0.2) is 5.03 Å². The van der Waals surface area contributed by atoms with E-state index in [0.29, 0.717) is 40.5 Å². The van der Waals surface area contributed by atoms with E-state index in [4.69, 9.17) is 18.9 Å². The second kappa shape index (κ2) is 13.8. The number of hydrogen-bond donors (Lipinski definition) is 1. The fourth-order valence-corrected chi connectivity index (χ4v) is 7.45. The van der Waals surface area contributed by atoms with Gasteiger partial charge in [-0.05, 0) is 49.3 Å². The third-order valence-corrected chi connectivity index (χ3v) is 10.4. The first-order valence-electron chi connectivity index (χ1n) is 15.0. The van der Waals surface area contributed by atoms with Gasteiger partial charge in [0.2, 0.25) is 11.8 Å². The molecule has 3 aromatic rings. The number of nitrogens with zero attached hydrogens (tertiary/aromatic N) is 2. The molecule has 13 heteroatoms. The fraction of sp³-hybridized carbons (Fsp3) is 0.455. The van der Waals surface area contributed by atoms with Gasteiger partial charge in [-0.2, -0.15) is 4.31 Å². The number of sulfonamides is 1. The van der Waals surface area contributed by atoms with E-state index >= 15 is 0 Å². The number of alkyl halides is 2. The van der Waals surface area contributed by atoms with E-state index in [1.165, 1.54) is 51.1 Å². The molecule has 1 amide bonds. The molecule has 0 spiro atoms. The number of aromatic nitrogens is 1. The first-order chi connectivity index (χ1) is 22.0. The van der Waals surface area contributed by atoms with Gasteiger partial charge in [0.05, 0.1) is 28.4 Å². The van der Waals surface area contributed by atoms with Crippen molar-refractivity contribution in [3.05, 3.63) is 65.9 Å². The average Bonchev–Trinajstić information content (AvgIpc) is 3.90. The number of nitrogens with one attached hydrogen (secondary N) is 1. The normalized spacial score (nSPS) is 19.4. The maximum Gasteiger partial charge on any atom is 0.261 e. The maximum absolute atomic E-state index is 14.4. The van der Waals surface area contributed by atoms with Gasteiger partial charge in [-0.3, -0.25) is 4.79 Å². The minimum absolute atomic E-state index is 0.108. The largest absolute Gasteiger partial charge is 0.497 e. The van der Waals surface area contributed by atoms with Crippen LogP contribution in [0.5, 0.6) is 23.0 Å². The van der Waals surface area contributed by atoms with Crippen molar-refractivity contribution >= 4 is 21.6 Å². The van der Waals surface area contributed by atoms with Gasteiger partial charge >= 0.3 is 0 Å². The Hall–Kier alpha value is -3.97. The number of anilines is 1. The SMILES string of the molecule is COc1ccc(CN(Cc2ccc(OC)cc2OC)S(=O)(=O)c2cc(NC(=O)C3CC(F)(F)CCC3C3CC3)ccn2)c(OC)c1. The Labute approximate surface area is 268 Å². The van der Waals surface area contributed by atoms with E-state index in [1.807, 2.05) is 0 Å². The minimum atomic E-state index is -4.32. The third-order valence-electron chi connectivity index (χ3n) is 8.73. The molecule has 2 fully saturated rings. The number of halogens is 2. The molecule has 10 nitrogen and oxygen atoms in total. The van der Waals surface area contributed by atoms with Crippen molar-refractivity contribution in [3.8, 4) is 23.0 Å². The van der Waals surface area contributed by atoms with Crippen LogP contribution in [0.2, 0.25) is 0 Å². The van der Waals surface area contributed by atoms with E-state index in [2.05, 4.69) is 10.3 Å². The van der Waals surface area contributed by atoms with Crippen LogP contribution in [-0.2, 0) is 27.9 Å². The van der Waals surface area contributed by atoms with Crippen LogP contribution >= 0.6 is 0 Å². The maximum atomic E-state index is 14.4.